The third-order valence-electron chi connectivity index (χ3n) is 4.34. The average Bonchev–Trinajstić information content (AvgIpc) is 3.21. The highest BCUT2D eigenvalue weighted by molar-refractivity contribution is 7.89. The smallest absolute Gasteiger partial charge is 0.223 e. The van der Waals surface area contributed by atoms with Gasteiger partial charge in [-0.3, -0.25) is 0 Å². The molecule has 1 aromatic heterocycles. The molecule has 0 fully saturated rings. The molecule has 0 N–H and O–H groups in total. The van der Waals surface area contributed by atoms with E-state index in [2.05, 4.69) is 10.1 Å². The number of nitrogens with zero attached hydrogens (tertiary/aromatic N) is 5. The zero-order valence-corrected chi connectivity index (χ0v) is 16.2. The van der Waals surface area contributed by atoms with Gasteiger partial charge < -0.3 is 0 Å². The van der Waals surface area contributed by atoms with Crippen LogP contribution in [0.3, 0.4) is 0 Å². The van der Waals surface area contributed by atoms with Crippen molar-refractivity contribution in [3.63, 3.8) is 0 Å². The lowest BCUT2D eigenvalue weighted by Crippen LogP contribution is -2.29. The fourth-order valence-electron chi connectivity index (χ4n) is 2.58. The molecule has 0 amide bonds. The topological polar surface area (TPSA) is 91.9 Å². The minimum atomic E-state index is -3.78. The van der Waals surface area contributed by atoms with E-state index in [0.29, 0.717) is 0 Å². The summed E-state index contributed by atoms with van der Waals surface area (Å²) in [6.45, 7) is 1.80. The molecular formula is C18H16ClN5O2S. The predicted molar refractivity (Wildman–Crippen MR) is 101 cm³/mol. The van der Waals surface area contributed by atoms with Crippen LogP contribution < -0.4 is 0 Å². The first-order valence-corrected chi connectivity index (χ1v) is 9.79. The summed E-state index contributed by atoms with van der Waals surface area (Å²) in [4.78, 5) is 3.94. The number of rotatable bonds is 5. The lowest BCUT2D eigenvalue weighted by molar-refractivity contribution is 0.398. The number of hydrogen-bond acceptors (Lipinski definition) is 5. The van der Waals surface area contributed by atoms with Gasteiger partial charge in [0.25, 0.3) is 0 Å². The van der Waals surface area contributed by atoms with Crippen molar-refractivity contribution in [2.75, 3.05) is 7.05 Å². The van der Waals surface area contributed by atoms with Crippen LogP contribution in [0.25, 0.3) is 5.69 Å². The molecule has 0 spiro atoms. The Morgan fingerprint density at radius 1 is 1.22 bits per heavy atom. The lowest BCUT2D eigenvalue weighted by atomic mass is 10.1. The second-order valence-electron chi connectivity index (χ2n) is 5.88. The standard InChI is InChI=1S/C18H16ClN5O2S/c1-13(14-3-6-16(7-4-14)24-12-21-11-22-24)23(2)27(25,26)17-8-5-15(10-20)18(19)9-17/h3-9,11-13H,1-2H3. The fourth-order valence-corrected chi connectivity index (χ4v) is 4.24. The molecule has 0 bridgehead atoms. The van der Waals surface area contributed by atoms with Gasteiger partial charge in [0.2, 0.25) is 10.0 Å². The molecule has 138 valence electrons. The van der Waals surface area contributed by atoms with Crippen LogP contribution in [0.5, 0.6) is 0 Å². The number of nitriles is 1. The summed E-state index contributed by atoms with van der Waals surface area (Å²) >= 11 is 5.98. The molecule has 0 aliphatic carbocycles. The van der Waals surface area contributed by atoms with Gasteiger partial charge in [0.1, 0.15) is 18.7 Å². The molecule has 7 nitrogen and oxygen atoms in total. The van der Waals surface area contributed by atoms with Gasteiger partial charge in [0.15, 0.2) is 0 Å². The Morgan fingerprint density at radius 2 is 1.93 bits per heavy atom. The Labute approximate surface area is 162 Å². The Hall–Kier alpha value is -2.73. The van der Waals surface area contributed by atoms with Gasteiger partial charge in [0.05, 0.1) is 21.2 Å². The molecule has 0 aliphatic rings. The first-order valence-electron chi connectivity index (χ1n) is 7.97. The zero-order valence-electron chi connectivity index (χ0n) is 14.6. The highest BCUT2D eigenvalue weighted by Gasteiger charge is 2.27. The molecule has 0 radical (unpaired) electrons. The second kappa shape index (κ2) is 7.48. The van der Waals surface area contributed by atoms with Gasteiger partial charge in [-0.05, 0) is 42.8 Å². The molecule has 1 atom stereocenters. The third-order valence-corrected chi connectivity index (χ3v) is 6.58. The fraction of sp³-hybridized carbons (Fsp3) is 0.167. The largest absolute Gasteiger partial charge is 0.243 e. The van der Waals surface area contributed by atoms with Gasteiger partial charge in [0, 0.05) is 13.1 Å². The van der Waals surface area contributed by atoms with Crippen molar-refractivity contribution in [1.29, 1.82) is 5.26 Å². The highest BCUT2D eigenvalue weighted by Crippen LogP contribution is 2.28. The maximum Gasteiger partial charge on any atom is 0.243 e. The van der Waals surface area contributed by atoms with Gasteiger partial charge in [-0.15, -0.1) is 0 Å². The summed E-state index contributed by atoms with van der Waals surface area (Å²) in [5.74, 6) is 0. The summed E-state index contributed by atoms with van der Waals surface area (Å²) < 4.78 is 28.7. The van der Waals surface area contributed by atoms with E-state index in [9.17, 15) is 8.42 Å². The predicted octanol–water partition coefficient (Wildman–Crippen LogP) is 3.17. The van der Waals surface area contributed by atoms with Crippen LogP contribution >= 0.6 is 11.6 Å². The molecule has 3 rings (SSSR count). The maximum atomic E-state index is 12.9. The SMILES string of the molecule is CC(c1ccc(-n2cncn2)cc1)N(C)S(=O)(=O)c1ccc(C#N)c(Cl)c1. The van der Waals surface area contributed by atoms with E-state index in [1.807, 2.05) is 30.3 Å². The minimum Gasteiger partial charge on any atom is -0.223 e. The Morgan fingerprint density at radius 3 is 2.48 bits per heavy atom. The normalized spacial score (nSPS) is 12.7. The van der Waals surface area contributed by atoms with Crippen LogP contribution in [0, 0.1) is 11.3 Å². The van der Waals surface area contributed by atoms with E-state index in [1.165, 1.54) is 35.9 Å². The third kappa shape index (κ3) is 3.71. The van der Waals surface area contributed by atoms with E-state index in [-0.39, 0.29) is 15.5 Å². The lowest BCUT2D eigenvalue weighted by Gasteiger charge is -2.25. The maximum absolute atomic E-state index is 12.9. The molecule has 1 heterocycles. The van der Waals surface area contributed by atoms with Crippen molar-refractivity contribution in [1.82, 2.24) is 19.1 Å². The monoisotopic (exact) mass is 401 g/mol. The quantitative estimate of drug-likeness (QED) is 0.654. The van der Waals surface area contributed by atoms with E-state index < -0.39 is 16.1 Å². The summed E-state index contributed by atoms with van der Waals surface area (Å²) in [5, 5.41) is 13.1. The molecule has 9 heteroatoms. The van der Waals surface area contributed by atoms with Gasteiger partial charge >= 0.3 is 0 Å². The Bertz CT molecular complexity index is 1090. The van der Waals surface area contributed by atoms with E-state index >= 15 is 0 Å². The van der Waals surface area contributed by atoms with Crippen LogP contribution in [-0.4, -0.2) is 34.5 Å². The van der Waals surface area contributed by atoms with Crippen molar-refractivity contribution >= 4 is 21.6 Å². The minimum absolute atomic E-state index is 0.0417. The zero-order chi connectivity index (χ0) is 19.6. The van der Waals surface area contributed by atoms with E-state index in [1.54, 1.807) is 17.9 Å². The van der Waals surface area contributed by atoms with Crippen molar-refractivity contribution in [2.24, 2.45) is 0 Å². The Kier molecular flexibility index (Phi) is 5.28. The van der Waals surface area contributed by atoms with Crippen molar-refractivity contribution in [3.05, 3.63) is 71.3 Å². The molecule has 0 saturated carbocycles. The average molecular weight is 402 g/mol. The van der Waals surface area contributed by atoms with Crippen LogP contribution in [0.4, 0.5) is 0 Å². The highest BCUT2D eigenvalue weighted by atomic mass is 35.5. The molecule has 2 aromatic carbocycles. The van der Waals surface area contributed by atoms with Gasteiger partial charge in [-0.25, -0.2) is 18.1 Å². The summed E-state index contributed by atoms with van der Waals surface area (Å²) in [7, 11) is -2.26. The second-order valence-corrected chi connectivity index (χ2v) is 8.29. The van der Waals surface area contributed by atoms with Crippen molar-refractivity contribution in [2.45, 2.75) is 17.9 Å². The summed E-state index contributed by atoms with van der Waals surface area (Å²) in [6, 6.07) is 13.0. The number of sulfonamides is 1. The van der Waals surface area contributed by atoms with E-state index in [4.69, 9.17) is 16.9 Å². The van der Waals surface area contributed by atoms with E-state index in [0.717, 1.165) is 11.3 Å². The van der Waals surface area contributed by atoms with Gasteiger partial charge in [-0.1, -0.05) is 23.7 Å². The first kappa shape index (κ1) is 19.0. The number of hydrogen-bond donors (Lipinski definition) is 0. The molecule has 3 aromatic rings. The van der Waals surface area contributed by atoms with Crippen LogP contribution in [0.1, 0.15) is 24.1 Å². The van der Waals surface area contributed by atoms with Crippen LogP contribution in [0.15, 0.2) is 60.0 Å². The first-order chi connectivity index (χ1) is 12.8. The van der Waals surface area contributed by atoms with Crippen LogP contribution in [-0.2, 0) is 10.0 Å². The van der Waals surface area contributed by atoms with Gasteiger partial charge in [-0.2, -0.15) is 14.7 Å². The number of aromatic nitrogens is 3. The Balaban J connectivity index is 1.86. The summed E-state index contributed by atoms with van der Waals surface area (Å²) in [6.07, 6.45) is 3.03. The van der Waals surface area contributed by atoms with Crippen LogP contribution in [0.2, 0.25) is 5.02 Å². The molecular weight excluding hydrogens is 386 g/mol. The number of halogens is 1. The molecule has 27 heavy (non-hydrogen) atoms. The molecule has 0 saturated heterocycles. The molecule has 0 aliphatic heterocycles. The number of benzene rings is 2. The molecule has 1 unspecified atom stereocenters. The summed E-state index contributed by atoms with van der Waals surface area (Å²) in [5.41, 5.74) is 1.88. The van der Waals surface area contributed by atoms with Crippen molar-refractivity contribution in [3.8, 4) is 11.8 Å². The van der Waals surface area contributed by atoms with Crippen molar-refractivity contribution < 1.29 is 8.42 Å².